The summed E-state index contributed by atoms with van der Waals surface area (Å²) in [5, 5.41) is 4.14. The van der Waals surface area contributed by atoms with Crippen molar-refractivity contribution in [2.75, 3.05) is 19.9 Å². The Morgan fingerprint density at radius 2 is 1.79 bits per heavy atom. The lowest BCUT2D eigenvalue weighted by atomic mass is 9.90. The summed E-state index contributed by atoms with van der Waals surface area (Å²) in [4.78, 5) is 16.3. The highest BCUT2D eigenvalue weighted by molar-refractivity contribution is 7.89. The van der Waals surface area contributed by atoms with Crippen molar-refractivity contribution in [3.8, 4) is 5.75 Å². The summed E-state index contributed by atoms with van der Waals surface area (Å²) in [5.74, 6) is 0.333. The molecule has 0 aliphatic rings. The minimum atomic E-state index is -3.18. The summed E-state index contributed by atoms with van der Waals surface area (Å²) in [6.07, 6.45) is 3.17. The molecule has 0 aliphatic heterocycles. The molecule has 4 rings (SSSR count). The van der Waals surface area contributed by atoms with Gasteiger partial charge in [-0.3, -0.25) is 4.79 Å². The molecule has 0 spiro atoms. The second-order valence-corrected chi connectivity index (χ2v) is 10.2. The van der Waals surface area contributed by atoms with Gasteiger partial charge in [-0.25, -0.2) is 8.42 Å². The van der Waals surface area contributed by atoms with Crippen molar-refractivity contribution in [1.29, 1.82) is 0 Å². The van der Waals surface area contributed by atoms with Crippen molar-refractivity contribution in [1.82, 2.24) is 10.3 Å². The lowest BCUT2D eigenvalue weighted by molar-refractivity contribution is 0.0952. The van der Waals surface area contributed by atoms with E-state index in [1.807, 2.05) is 48.7 Å². The van der Waals surface area contributed by atoms with Crippen LogP contribution in [0.2, 0.25) is 0 Å². The van der Waals surface area contributed by atoms with Crippen LogP contribution in [-0.2, 0) is 15.6 Å². The number of hydrogen-bond donors (Lipinski definition) is 2. The standard InChI is InChI=1S/C26H26N2O4S/c1-32-21-12-10-19(11-13-21)23(24-16-27-25-9-4-3-8-22(24)25)15-28-26(29)20-7-5-6-18(14-20)17-33(2,30)31/h3-14,16,23,27H,15,17H2,1-2H3,(H,28,29). The van der Waals surface area contributed by atoms with Crippen LogP contribution >= 0.6 is 0 Å². The number of para-hydroxylation sites is 1. The molecule has 170 valence electrons. The highest BCUT2D eigenvalue weighted by Gasteiger charge is 2.20. The highest BCUT2D eigenvalue weighted by atomic mass is 32.2. The Hall–Kier alpha value is -3.58. The molecule has 1 heterocycles. The van der Waals surface area contributed by atoms with Crippen LogP contribution in [0, 0.1) is 0 Å². The zero-order chi connectivity index (χ0) is 23.4. The van der Waals surface area contributed by atoms with Gasteiger partial charge in [0.25, 0.3) is 5.91 Å². The van der Waals surface area contributed by atoms with Crippen molar-refractivity contribution < 1.29 is 17.9 Å². The van der Waals surface area contributed by atoms with E-state index in [0.29, 0.717) is 17.7 Å². The van der Waals surface area contributed by atoms with Crippen LogP contribution in [0.1, 0.15) is 33.0 Å². The number of ether oxygens (including phenoxy) is 1. The van der Waals surface area contributed by atoms with Crippen molar-refractivity contribution in [2.45, 2.75) is 11.7 Å². The topological polar surface area (TPSA) is 88.3 Å². The van der Waals surface area contributed by atoms with E-state index in [2.05, 4.69) is 16.4 Å². The number of aromatic amines is 1. The first-order valence-corrected chi connectivity index (χ1v) is 12.6. The summed E-state index contributed by atoms with van der Waals surface area (Å²) in [7, 11) is -1.55. The number of hydrogen-bond acceptors (Lipinski definition) is 4. The van der Waals surface area contributed by atoms with Crippen LogP contribution in [0.5, 0.6) is 5.75 Å². The molecule has 0 radical (unpaired) electrons. The van der Waals surface area contributed by atoms with Gasteiger partial charge in [0, 0.05) is 41.4 Å². The zero-order valence-electron chi connectivity index (χ0n) is 18.5. The van der Waals surface area contributed by atoms with Gasteiger partial charge < -0.3 is 15.0 Å². The Bertz CT molecular complexity index is 1370. The maximum atomic E-state index is 12.9. The quantitative estimate of drug-likeness (QED) is 0.409. The monoisotopic (exact) mass is 462 g/mol. The number of carbonyl (C=O) groups excluding carboxylic acids is 1. The molecule has 0 saturated heterocycles. The molecule has 1 amide bonds. The third kappa shape index (κ3) is 5.43. The Balaban J connectivity index is 1.61. The molecule has 6 nitrogen and oxygen atoms in total. The fraction of sp³-hybridized carbons (Fsp3) is 0.192. The van der Waals surface area contributed by atoms with Crippen LogP contribution in [0.15, 0.2) is 79.0 Å². The molecule has 2 N–H and O–H groups in total. The van der Waals surface area contributed by atoms with E-state index in [9.17, 15) is 13.2 Å². The molecule has 0 aliphatic carbocycles. The second-order valence-electron chi connectivity index (χ2n) is 8.10. The molecule has 3 aromatic carbocycles. The van der Waals surface area contributed by atoms with E-state index in [4.69, 9.17) is 4.74 Å². The first kappa shape index (κ1) is 22.6. The average molecular weight is 463 g/mol. The van der Waals surface area contributed by atoms with E-state index in [0.717, 1.165) is 27.8 Å². The summed E-state index contributed by atoms with van der Waals surface area (Å²) < 4.78 is 28.5. The van der Waals surface area contributed by atoms with Gasteiger partial charge in [-0.1, -0.05) is 42.5 Å². The number of nitrogens with one attached hydrogen (secondary N) is 2. The molecular weight excluding hydrogens is 436 g/mol. The number of amides is 1. The average Bonchev–Trinajstić information content (AvgIpc) is 3.22. The Labute approximate surface area is 193 Å². The van der Waals surface area contributed by atoms with Gasteiger partial charge in [0.15, 0.2) is 9.84 Å². The molecule has 1 atom stereocenters. The fourth-order valence-corrected chi connectivity index (χ4v) is 4.81. The number of sulfone groups is 1. The molecule has 4 aromatic rings. The van der Waals surface area contributed by atoms with Crippen LogP contribution in [0.25, 0.3) is 10.9 Å². The van der Waals surface area contributed by atoms with Gasteiger partial charge >= 0.3 is 0 Å². The van der Waals surface area contributed by atoms with E-state index < -0.39 is 9.84 Å². The van der Waals surface area contributed by atoms with Gasteiger partial charge in [-0.2, -0.15) is 0 Å². The number of H-pyrrole nitrogens is 1. The van der Waals surface area contributed by atoms with Crippen LogP contribution in [0.4, 0.5) is 0 Å². The third-order valence-corrected chi connectivity index (χ3v) is 6.46. The molecular formula is C26H26N2O4S. The van der Waals surface area contributed by atoms with Crippen molar-refractivity contribution in [2.24, 2.45) is 0 Å². The number of rotatable bonds is 8. The Morgan fingerprint density at radius 1 is 1.03 bits per heavy atom. The molecule has 33 heavy (non-hydrogen) atoms. The Kier molecular flexibility index (Phi) is 6.51. The largest absolute Gasteiger partial charge is 0.497 e. The summed E-state index contributed by atoms with van der Waals surface area (Å²) >= 11 is 0. The predicted octanol–water partition coefficient (Wildman–Crippen LogP) is 4.28. The SMILES string of the molecule is COc1ccc(C(CNC(=O)c2cccc(CS(C)(=O)=O)c2)c2c[nH]c3ccccc23)cc1. The molecule has 0 bridgehead atoms. The van der Waals surface area contributed by atoms with Crippen LogP contribution in [0.3, 0.4) is 0 Å². The molecule has 7 heteroatoms. The number of fused-ring (bicyclic) bond motifs is 1. The second kappa shape index (κ2) is 9.50. The first-order valence-electron chi connectivity index (χ1n) is 10.6. The Morgan fingerprint density at radius 3 is 2.52 bits per heavy atom. The van der Waals surface area contributed by atoms with Gasteiger partial charge in [-0.15, -0.1) is 0 Å². The fourth-order valence-electron chi connectivity index (χ4n) is 4.03. The van der Waals surface area contributed by atoms with Gasteiger partial charge in [0.2, 0.25) is 0 Å². The number of methoxy groups -OCH3 is 1. The lowest BCUT2D eigenvalue weighted by Gasteiger charge is -2.19. The van der Waals surface area contributed by atoms with E-state index >= 15 is 0 Å². The first-order chi connectivity index (χ1) is 15.8. The van der Waals surface area contributed by atoms with Crippen molar-refractivity contribution in [3.63, 3.8) is 0 Å². The van der Waals surface area contributed by atoms with Crippen LogP contribution in [-0.4, -0.2) is 39.2 Å². The van der Waals surface area contributed by atoms with E-state index in [-0.39, 0.29) is 17.6 Å². The number of carbonyl (C=O) groups is 1. The highest BCUT2D eigenvalue weighted by Crippen LogP contribution is 2.31. The minimum Gasteiger partial charge on any atom is -0.497 e. The van der Waals surface area contributed by atoms with Crippen LogP contribution < -0.4 is 10.1 Å². The maximum absolute atomic E-state index is 12.9. The normalized spacial score (nSPS) is 12.4. The molecule has 0 fully saturated rings. The summed E-state index contributed by atoms with van der Waals surface area (Å²) in [6, 6.07) is 22.6. The zero-order valence-corrected chi connectivity index (χ0v) is 19.4. The molecule has 0 saturated carbocycles. The minimum absolute atomic E-state index is 0.0878. The molecule has 1 aromatic heterocycles. The number of benzene rings is 3. The predicted molar refractivity (Wildman–Crippen MR) is 130 cm³/mol. The van der Waals surface area contributed by atoms with Crippen molar-refractivity contribution in [3.05, 3.63) is 101 Å². The van der Waals surface area contributed by atoms with Crippen molar-refractivity contribution >= 4 is 26.6 Å². The smallest absolute Gasteiger partial charge is 0.251 e. The van der Waals surface area contributed by atoms with Gasteiger partial charge in [0.05, 0.1) is 12.9 Å². The van der Waals surface area contributed by atoms with E-state index in [1.165, 1.54) is 6.26 Å². The maximum Gasteiger partial charge on any atom is 0.251 e. The summed E-state index contributed by atoms with van der Waals surface area (Å²) in [6.45, 7) is 0.378. The molecule has 1 unspecified atom stereocenters. The summed E-state index contributed by atoms with van der Waals surface area (Å²) in [5.41, 5.74) is 4.19. The van der Waals surface area contributed by atoms with E-state index in [1.54, 1.807) is 31.4 Å². The number of aromatic nitrogens is 1. The van der Waals surface area contributed by atoms with Gasteiger partial charge in [-0.05, 0) is 47.0 Å². The van der Waals surface area contributed by atoms with Gasteiger partial charge in [0.1, 0.15) is 5.75 Å². The third-order valence-electron chi connectivity index (χ3n) is 5.60. The lowest BCUT2D eigenvalue weighted by Crippen LogP contribution is -2.29.